The van der Waals surface area contributed by atoms with Crippen LogP contribution in [0, 0.1) is 12.8 Å². The number of benzene rings is 2. The number of hydrogen-bond acceptors (Lipinski definition) is 7. The third-order valence-corrected chi connectivity index (χ3v) is 8.91. The smallest absolute Gasteiger partial charge is 0.323 e. The van der Waals surface area contributed by atoms with Crippen molar-refractivity contribution in [2.45, 2.75) is 96.8 Å². The first-order chi connectivity index (χ1) is 24.7. The maximum absolute atomic E-state index is 13.5. The van der Waals surface area contributed by atoms with Crippen LogP contribution >= 0.6 is 0 Å². The highest BCUT2D eigenvalue weighted by molar-refractivity contribution is 6.01. The second-order valence-corrected chi connectivity index (χ2v) is 12.9. The molecule has 282 valence electrons. The molecule has 1 aliphatic rings. The first-order valence-corrected chi connectivity index (χ1v) is 17.5. The Morgan fingerprint density at radius 2 is 1.46 bits per heavy atom. The number of nitrogens with zero attached hydrogens (tertiary/aromatic N) is 1. The van der Waals surface area contributed by atoms with E-state index in [1.54, 1.807) is 37.3 Å². The highest BCUT2D eigenvalue weighted by atomic mass is 16.4. The average Bonchev–Trinajstić information content (AvgIpc) is 3.60. The summed E-state index contributed by atoms with van der Waals surface area (Å²) in [5.41, 5.74) is 7.88. The van der Waals surface area contributed by atoms with Crippen molar-refractivity contribution in [3.05, 3.63) is 54.1 Å². The highest BCUT2D eigenvalue weighted by Crippen LogP contribution is 2.21. The molecule has 1 aliphatic heterocycles. The summed E-state index contributed by atoms with van der Waals surface area (Å²) in [6, 6.07) is 7.79. The summed E-state index contributed by atoms with van der Waals surface area (Å²) in [7, 11) is 0. The second kappa shape index (κ2) is 19.7. The molecule has 1 saturated heterocycles. The Labute approximate surface area is 303 Å². The van der Waals surface area contributed by atoms with Crippen molar-refractivity contribution in [3.8, 4) is 0 Å². The topological polar surface area (TPSA) is 241 Å². The summed E-state index contributed by atoms with van der Waals surface area (Å²) >= 11 is 0. The lowest BCUT2D eigenvalue weighted by Gasteiger charge is -2.32. The quantitative estimate of drug-likeness (QED) is 0.120. The van der Waals surface area contributed by atoms with Crippen LogP contribution in [0.3, 0.4) is 0 Å². The number of carbonyl (C=O) groups is 7. The predicted octanol–water partition coefficient (Wildman–Crippen LogP) is 3.29. The molecule has 0 aliphatic carbocycles. The van der Waals surface area contributed by atoms with E-state index in [1.807, 2.05) is 39.0 Å². The fourth-order valence-corrected chi connectivity index (χ4v) is 5.74. The summed E-state index contributed by atoms with van der Waals surface area (Å²) in [6.07, 6.45) is 2.04. The Morgan fingerprint density at radius 1 is 0.846 bits per heavy atom. The molecule has 1 unspecified atom stereocenters. The largest absolute Gasteiger partial charge is 0.481 e. The number of nitrogens with two attached hydrogens (primary N) is 1. The Hall–Kier alpha value is -5.67. The van der Waals surface area contributed by atoms with E-state index in [9.17, 15) is 38.7 Å². The number of likely N-dealkylation sites (tertiary alicyclic amines) is 1. The maximum Gasteiger partial charge on any atom is 0.323 e. The molecule has 1 fully saturated rings. The summed E-state index contributed by atoms with van der Waals surface area (Å²) in [6.45, 7) is 7.59. The molecule has 8 amide bonds. The number of carbonyl (C=O) groups excluding carboxylic acids is 6. The molecule has 9 N–H and O–H groups in total. The van der Waals surface area contributed by atoms with Gasteiger partial charge in [0.2, 0.25) is 23.6 Å². The van der Waals surface area contributed by atoms with Gasteiger partial charge < -0.3 is 47.6 Å². The molecule has 2 aromatic carbocycles. The lowest BCUT2D eigenvalue weighted by atomic mass is 9.96. The lowest BCUT2D eigenvalue weighted by molar-refractivity contribution is -0.143. The van der Waals surface area contributed by atoms with Crippen LogP contribution in [0.15, 0.2) is 48.5 Å². The number of amides is 8. The molecule has 5 atom stereocenters. The molecule has 0 saturated carbocycles. The molecule has 2 aromatic rings. The number of hydrogen-bond donors (Lipinski definition) is 8. The van der Waals surface area contributed by atoms with E-state index in [0.29, 0.717) is 49.2 Å². The van der Waals surface area contributed by atoms with Gasteiger partial charge in [0.15, 0.2) is 0 Å². The van der Waals surface area contributed by atoms with Gasteiger partial charge in [0.05, 0.1) is 6.42 Å². The maximum atomic E-state index is 13.5. The standard InChI is InChI=1S/C36H50N8O8/c1-5-7-12-26(42-36(52)39-24-17-15-23(16-18-24)38-35(51)41-25-13-9-8-11-22(25)4)32(48)40-27(20-29(45)46)33(49)43-30(21(3)6-2)34(50)44-19-10-14-28(44)31(37)47/h8-9,11,13,15-18,21,26-28,30H,5-7,10,12,14,19-20H2,1-4H3,(H2,37,47)(H,40,48)(H,43,49)(H,45,46)(H2,38,41,51)(H2,39,42,52)/t21?,26-,27-,28-,30-/m0/s1. The number of para-hydroxylation sites is 1. The lowest BCUT2D eigenvalue weighted by Crippen LogP contribution is -2.59. The van der Waals surface area contributed by atoms with Gasteiger partial charge in [-0.1, -0.05) is 58.2 Å². The molecule has 0 radical (unpaired) electrons. The zero-order valence-corrected chi connectivity index (χ0v) is 30.0. The van der Waals surface area contributed by atoms with E-state index >= 15 is 0 Å². The number of primary amides is 1. The van der Waals surface area contributed by atoms with Crippen LogP contribution < -0.4 is 37.6 Å². The molecule has 3 rings (SSSR count). The van der Waals surface area contributed by atoms with E-state index in [4.69, 9.17) is 5.73 Å². The number of unbranched alkanes of at least 4 members (excludes halogenated alkanes) is 1. The zero-order valence-electron chi connectivity index (χ0n) is 30.0. The van der Waals surface area contributed by atoms with Crippen molar-refractivity contribution in [2.24, 2.45) is 11.7 Å². The van der Waals surface area contributed by atoms with Crippen LogP contribution in [-0.4, -0.2) is 82.4 Å². The van der Waals surface area contributed by atoms with Crippen molar-refractivity contribution in [3.63, 3.8) is 0 Å². The average molecular weight is 723 g/mol. The molecule has 1 heterocycles. The zero-order chi connectivity index (χ0) is 38.4. The Kier molecular flexibility index (Phi) is 15.4. The number of urea groups is 2. The number of aryl methyl sites for hydroxylation is 1. The fourth-order valence-electron chi connectivity index (χ4n) is 5.74. The van der Waals surface area contributed by atoms with E-state index in [1.165, 1.54) is 4.90 Å². The van der Waals surface area contributed by atoms with Gasteiger partial charge in [0.25, 0.3) is 0 Å². The van der Waals surface area contributed by atoms with Crippen LogP contribution in [0.2, 0.25) is 0 Å². The third-order valence-electron chi connectivity index (χ3n) is 8.91. The number of aliphatic carboxylic acids is 1. The summed E-state index contributed by atoms with van der Waals surface area (Å²) < 4.78 is 0. The molecular formula is C36H50N8O8. The van der Waals surface area contributed by atoms with Crippen LogP contribution in [0.4, 0.5) is 26.7 Å². The third kappa shape index (κ3) is 12.0. The first-order valence-electron chi connectivity index (χ1n) is 17.5. The van der Waals surface area contributed by atoms with Gasteiger partial charge in [-0.2, -0.15) is 0 Å². The molecular weight excluding hydrogens is 672 g/mol. The minimum atomic E-state index is -1.58. The van der Waals surface area contributed by atoms with E-state index in [-0.39, 0.29) is 13.0 Å². The van der Waals surface area contributed by atoms with Gasteiger partial charge >= 0.3 is 18.0 Å². The summed E-state index contributed by atoms with van der Waals surface area (Å²) in [4.78, 5) is 91.0. The van der Waals surface area contributed by atoms with Crippen LogP contribution in [0.1, 0.15) is 71.3 Å². The van der Waals surface area contributed by atoms with E-state index in [0.717, 1.165) is 5.56 Å². The SMILES string of the molecule is CCCC[C@H](NC(=O)Nc1ccc(NC(=O)Nc2ccccc2C)cc1)C(=O)N[C@@H](CC(=O)O)C(=O)N[C@H](C(=O)N1CCC[C@H]1C(N)=O)C(C)CC. The number of carboxylic acids is 1. The van der Waals surface area contributed by atoms with Gasteiger partial charge in [-0.15, -0.1) is 0 Å². The second-order valence-electron chi connectivity index (χ2n) is 12.9. The molecule has 0 bridgehead atoms. The van der Waals surface area contributed by atoms with Gasteiger partial charge in [-0.05, 0) is 68.0 Å². The van der Waals surface area contributed by atoms with Crippen molar-refractivity contribution >= 4 is 58.7 Å². The van der Waals surface area contributed by atoms with Gasteiger partial charge in [0, 0.05) is 23.6 Å². The van der Waals surface area contributed by atoms with Crippen LogP contribution in [0.25, 0.3) is 0 Å². The van der Waals surface area contributed by atoms with Crippen LogP contribution in [0.5, 0.6) is 0 Å². The van der Waals surface area contributed by atoms with Gasteiger partial charge in [-0.3, -0.25) is 24.0 Å². The molecule has 16 heteroatoms. The van der Waals surface area contributed by atoms with Gasteiger partial charge in [0.1, 0.15) is 24.2 Å². The van der Waals surface area contributed by atoms with E-state index < -0.39 is 78.2 Å². The summed E-state index contributed by atoms with van der Waals surface area (Å²) in [5, 5.41) is 25.3. The first kappa shape index (κ1) is 40.8. The molecule has 0 aromatic heterocycles. The normalized spacial score (nSPS) is 16.0. The van der Waals surface area contributed by atoms with E-state index in [2.05, 4.69) is 31.9 Å². The number of nitrogens with one attached hydrogen (secondary N) is 6. The van der Waals surface area contributed by atoms with Crippen molar-refractivity contribution in [1.29, 1.82) is 0 Å². The Morgan fingerprint density at radius 3 is 2.04 bits per heavy atom. The minimum absolute atomic E-state index is 0.188. The van der Waals surface area contributed by atoms with Gasteiger partial charge in [-0.25, -0.2) is 9.59 Å². The number of carboxylic acid groups (broad SMARTS) is 1. The number of anilines is 3. The predicted molar refractivity (Wildman–Crippen MR) is 195 cm³/mol. The molecule has 0 spiro atoms. The Balaban J connectivity index is 1.66. The minimum Gasteiger partial charge on any atom is -0.481 e. The molecule has 52 heavy (non-hydrogen) atoms. The van der Waals surface area contributed by atoms with Crippen molar-refractivity contribution < 1.29 is 38.7 Å². The number of rotatable bonds is 17. The van der Waals surface area contributed by atoms with Crippen molar-refractivity contribution in [2.75, 3.05) is 22.5 Å². The highest BCUT2D eigenvalue weighted by Gasteiger charge is 2.39. The Bertz CT molecular complexity index is 1600. The fraction of sp³-hybridized carbons (Fsp3) is 0.472. The summed E-state index contributed by atoms with van der Waals surface area (Å²) in [5.74, 6) is -4.62. The monoisotopic (exact) mass is 722 g/mol. The van der Waals surface area contributed by atoms with Crippen LogP contribution in [-0.2, 0) is 24.0 Å². The molecule has 16 nitrogen and oxygen atoms in total. The van der Waals surface area contributed by atoms with Crippen molar-refractivity contribution in [1.82, 2.24) is 20.9 Å².